The molecule has 0 atom stereocenters. The molecule has 0 spiro atoms. The first-order valence-corrected chi connectivity index (χ1v) is 8.80. The van der Waals surface area contributed by atoms with E-state index in [-0.39, 0.29) is 0 Å². The van der Waals surface area contributed by atoms with Gasteiger partial charge in [0.25, 0.3) is 0 Å². The van der Waals surface area contributed by atoms with Crippen molar-refractivity contribution in [1.82, 2.24) is 9.55 Å². The van der Waals surface area contributed by atoms with E-state index >= 15 is 0 Å². The van der Waals surface area contributed by atoms with Crippen LogP contribution in [0.5, 0.6) is 0 Å². The Kier molecular flexibility index (Phi) is 3.67. The summed E-state index contributed by atoms with van der Waals surface area (Å²) in [7, 11) is -10.1. The molecule has 1 aromatic carbocycles. The summed E-state index contributed by atoms with van der Waals surface area (Å²) in [5.74, 6) is 0. The molecule has 0 bridgehead atoms. The van der Waals surface area contributed by atoms with Gasteiger partial charge in [-0.05, 0) is 19.1 Å². The maximum absolute atomic E-state index is 11.5. The van der Waals surface area contributed by atoms with E-state index < -0.39 is 26.6 Å². The second-order valence-electron chi connectivity index (χ2n) is 4.67. The number of rotatable bonds is 4. The van der Waals surface area contributed by atoms with E-state index in [1.54, 1.807) is 24.3 Å². The summed E-state index contributed by atoms with van der Waals surface area (Å²) in [4.78, 5) is 38.8. The Morgan fingerprint density at radius 1 is 1.15 bits per heavy atom. The Hall–Kier alpha value is -1.01. The summed E-state index contributed by atoms with van der Waals surface area (Å²) < 4.78 is 24.4. The first-order chi connectivity index (χ1) is 9.06. The molecule has 0 saturated heterocycles. The summed E-state index contributed by atoms with van der Waals surface area (Å²) in [6.07, 6.45) is 1.30. The van der Waals surface area contributed by atoms with E-state index in [4.69, 9.17) is 0 Å². The van der Waals surface area contributed by atoms with Crippen LogP contribution in [0.25, 0.3) is 11.0 Å². The number of fused-ring (bicyclic) bond motifs is 1. The normalized spacial score (nSPS) is 13.8. The van der Waals surface area contributed by atoms with Crippen molar-refractivity contribution in [3.05, 3.63) is 30.6 Å². The fraction of sp³-hybridized carbons (Fsp3) is 0.300. The Bertz CT molecular complexity index is 708. The highest BCUT2D eigenvalue weighted by Gasteiger charge is 2.56. The Morgan fingerprint density at radius 3 is 2.25 bits per heavy atom. The number of hydrogen-bond donors (Lipinski definition) is 4. The predicted molar refractivity (Wildman–Crippen MR) is 72.2 cm³/mol. The second-order valence-corrected chi connectivity index (χ2v) is 9.17. The molecule has 0 fully saturated rings. The molecule has 2 aromatic rings. The molecule has 2 rings (SSSR count). The van der Waals surface area contributed by atoms with Gasteiger partial charge in [0.2, 0.25) is 0 Å². The molecule has 0 aliphatic heterocycles. The first kappa shape index (κ1) is 15.4. The van der Waals surface area contributed by atoms with Gasteiger partial charge in [0.1, 0.15) is 0 Å². The summed E-state index contributed by atoms with van der Waals surface area (Å²) in [6, 6.07) is 6.79. The molecule has 0 saturated carbocycles. The molecular formula is C10H14N2O6P2. The van der Waals surface area contributed by atoms with Gasteiger partial charge >= 0.3 is 15.2 Å². The quantitative estimate of drug-likeness (QED) is 0.620. The van der Waals surface area contributed by atoms with Crippen molar-refractivity contribution < 1.29 is 28.7 Å². The van der Waals surface area contributed by atoms with Gasteiger partial charge in [-0.25, -0.2) is 4.98 Å². The van der Waals surface area contributed by atoms with Crippen molar-refractivity contribution in [2.45, 2.75) is 18.4 Å². The van der Waals surface area contributed by atoms with E-state index in [1.807, 2.05) is 0 Å². The highest BCUT2D eigenvalue weighted by atomic mass is 31.2. The lowest BCUT2D eigenvalue weighted by Gasteiger charge is -2.31. The minimum absolute atomic E-state index is 0.540. The summed E-state index contributed by atoms with van der Waals surface area (Å²) in [5, 5.41) is 0. The van der Waals surface area contributed by atoms with Crippen LogP contribution < -0.4 is 0 Å². The van der Waals surface area contributed by atoms with E-state index in [9.17, 15) is 28.7 Å². The zero-order chi connectivity index (χ0) is 15.2. The number of aromatic nitrogens is 2. The van der Waals surface area contributed by atoms with Gasteiger partial charge in [0.15, 0.2) is 4.90 Å². The fourth-order valence-corrected chi connectivity index (χ4v) is 3.84. The minimum atomic E-state index is -5.04. The highest BCUT2D eigenvalue weighted by Crippen LogP contribution is 2.69. The smallest absolute Gasteiger partial charge is 0.329 e. The third-order valence-electron chi connectivity index (χ3n) is 3.25. The third-order valence-corrected chi connectivity index (χ3v) is 7.61. The molecule has 4 N–H and O–H groups in total. The molecular weight excluding hydrogens is 306 g/mol. The summed E-state index contributed by atoms with van der Waals surface area (Å²) in [5.41, 5.74) is 1.12. The third kappa shape index (κ3) is 2.46. The maximum atomic E-state index is 11.5. The summed E-state index contributed by atoms with van der Waals surface area (Å²) >= 11 is 0. The van der Waals surface area contributed by atoms with Crippen LogP contribution in [0.1, 0.15) is 6.92 Å². The van der Waals surface area contributed by atoms with E-state index in [0.717, 1.165) is 6.92 Å². The monoisotopic (exact) mass is 320 g/mol. The van der Waals surface area contributed by atoms with E-state index in [2.05, 4.69) is 4.98 Å². The maximum Gasteiger partial charge on any atom is 0.345 e. The van der Waals surface area contributed by atoms with Crippen molar-refractivity contribution >= 4 is 26.2 Å². The van der Waals surface area contributed by atoms with Crippen molar-refractivity contribution in [3.8, 4) is 0 Å². The topological polar surface area (TPSA) is 133 Å². The van der Waals surface area contributed by atoms with Crippen LogP contribution in [0.2, 0.25) is 0 Å². The van der Waals surface area contributed by atoms with Crippen molar-refractivity contribution in [1.29, 1.82) is 0 Å². The number of benzene rings is 1. The van der Waals surface area contributed by atoms with Crippen molar-refractivity contribution in [3.63, 3.8) is 0 Å². The van der Waals surface area contributed by atoms with Crippen LogP contribution in [0.3, 0.4) is 0 Å². The minimum Gasteiger partial charge on any atom is -0.329 e. The SMILES string of the molecule is CC(Cn1cnc2ccccc21)(P(=O)(O)O)P(=O)(O)O. The van der Waals surface area contributed by atoms with Crippen LogP contribution >= 0.6 is 15.2 Å². The first-order valence-electron chi connectivity index (χ1n) is 5.57. The molecule has 0 aliphatic rings. The zero-order valence-corrected chi connectivity index (χ0v) is 12.3. The summed E-state index contributed by atoms with van der Waals surface area (Å²) in [6.45, 7) is 0.339. The van der Waals surface area contributed by atoms with Gasteiger partial charge in [0, 0.05) is 0 Å². The Labute approximate surface area is 114 Å². The number of nitrogens with zero attached hydrogens (tertiary/aromatic N) is 2. The van der Waals surface area contributed by atoms with Gasteiger partial charge in [-0.15, -0.1) is 0 Å². The molecule has 1 heterocycles. The Balaban J connectivity index is 2.55. The lowest BCUT2D eigenvalue weighted by molar-refractivity contribution is 0.303. The zero-order valence-electron chi connectivity index (χ0n) is 10.5. The number of hydrogen-bond acceptors (Lipinski definition) is 3. The van der Waals surface area contributed by atoms with Crippen molar-refractivity contribution in [2.24, 2.45) is 0 Å². The van der Waals surface area contributed by atoms with E-state index in [0.29, 0.717) is 11.0 Å². The van der Waals surface area contributed by atoms with Gasteiger partial charge in [-0.2, -0.15) is 0 Å². The molecule has 10 heteroatoms. The van der Waals surface area contributed by atoms with Gasteiger partial charge < -0.3 is 24.1 Å². The molecule has 20 heavy (non-hydrogen) atoms. The Morgan fingerprint density at radius 2 is 1.70 bits per heavy atom. The highest BCUT2D eigenvalue weighted by molar-refractivity contribution is 7.72. The molecule has 110 valence electrons. The van der Waals surface area contributed by atoms with Crippen LogP contribution in [-0.2, 0) is 15.7 Å². The molecule has 8 nitrogen and oxygen atoms in total. The van der Waals surface area contributed by atoms with E-state index in [1.165, 1.54) is 10.9 Å². The molecule has 1 aromatic heterocycles. The molecule has 0 radical (unpaired) electrons. The largest absolute Gasteiger partial charge is 0.345 e. The average molecular weight is 320 g/mol. The van der Waals surface area contributed by atoms with Crippen molar-refractivity contribution in [2.75, 3.05) is 0 Å². The molecule has 0 aliphatic carbocycles. The van der Waals surface area contributed by atoms with Gasteiger partial charge in [-0.3, -0.25) is 9.13 Å². The average Bonchev–Trinajstić information content (AvgIpc) is 2.70. The van der Waals surface area contributed by atoms with Crippen LogP contribution in [0.4, 0.5) is 0 Å². The molecule has 0 unspecified atom stereocenters. The van der Waals surface area contributed by atoms with Crippen LogP contribution in [-0.4, -0.2) is 34.0 Å². The van der Waals surface area contributed by atoms with Crippen LogP contribution in [0.15, 0.2) is 30.6 Å². The predicted octanol–water partition coefficient (Wildman–Crippen LogP) is 1.11. The van der Waals surface area contributed by atoms with Gasteiger partial charge in [0.05, 0.1) is 23.9 Å². The van der Waals surface area contributed by atoms with Gasteiger partial charge in [-0.1, -0.05) is 12.1 Å². The van der Waals surface area contributed by atoms with Crippen LogP contribution in [0, 0.1) is 0 Å². The fourth-order valence-electron chi connectivity index (χ4n) is 1.81. The second kappa shape index (κ2) is 4.77. The lowest BCUT2D eigenvalue weighted by atomic mass is 10.3. The lowest BCUT2D eigenvalue weighted by Crippen LogP contribution is -2.30. The molecule has 0 amide bonds. The number of imidazole rings is 1. The number of para-hydroxylation sites is 2. The standard InChI is InChI=1S/C10H14N2O6P2/c1-10(19(13,14)15,20(16,17)18)6-12-7-11-8-4-2-3-5-9(8)12/h2-5,7H,6H2,1H3,(H2,13,14,15)(H2,16,17,18).